The molecule has 164 valence electrons. The summed E-state index contributed by atoms with van der Waals surface area (Å²) in [5.74, 6) is -2.90. The molecule has 7 atom stereocenters. The van der Waals surface area contributed by atoms with Gasteiger partial charge in [0, 0.05) is 29.6 Å². The monoisotopic (exact) mass is 416 g/mol. The topological polar surface area (TPSA) is 101 Å². The van der Waals surface area contributed by atoms with Gasteiger partial charge in [0.2, 0.25) is 0 Å². The number of aldehydes is 1. The Hall–Kier alpha value is -1.79. The van der Waals surface area contributed by atoms with Crippen molar-refractivity contribution in [3.8, 4) is 0 Å². The van der Waals surface area contributed by atoms with Crippen molar-refractivity contribution >= 4 is 18.0 Å². The first-order chi connectivity index (χ1) is 13.8. The van der Waals surface area contributed by atoms with Crippen molar-refractivity contribution in [2.75, 3.05) is 0 Å². The first-order valence-corrected chi connectivity index (χ1v) is 10.8. The van der Waals surface area contributed by atoms with E-state index in [1.807, 2.05) is 20.8 Å². The molecule has 2 fully saturated rings. The molecule has 2 saturated carbocycles. The van der Waals surface area contributed by atoms with Crippen molar-refractivity contribution < 1.29 is 29.3 Å². The smallest absolute Gasteiger partial charge is 0.308 e. The quantitative estimate of drug-likeness (QED) is 0.541. The van der Waals surface area contributed by atoms with Crippen molar-refractivity contribution in [3.63, 3.8) is 0 Å². The Bertz CT molecular complexity index is 897. The molecule has 0 aromatic rings. The van der Waals surface area contributed by atoms with Crippen LogP contribution in [0, 0.1) is 35.0 Å². The van der Waals surface area contributed by atoms with Crippen molar-refractivity contribution in [2.24, 2.45) is 35.0 Å². The molecule has 0 amide bonds. The second kappa shape index (κ2) is 6.13. The molecule has 0 bridgehead atoms. The maximum absolute atomic E-state index is 12.9. The van der Waals surface area contributed by atoms with Gasteiger partial charge >= 0.3 is 5.97 Å². The highest BCUT2D eigenvalue weighted by molar-refractivity contribution is 6.05. The van der Waals surface area contributed by atoms with Gasteiger partial charge in [0.25, 0.3) is 0 Å². The van der Waals surface area contributed by atoms with Gasteiger partial charge in [0.1, 0.15) is 17.5 Å². The summed E-state index contributed by atoms with van der Waals surface area (Å²) in [6, 6.07) is 0. The molecule has 4 aliphatic rings. The van der Waals surface area contributed by atoms with Gasteiger partial charge < -0.3 is 14.9 Å². The predicted octanol–water partition coefficient (Wildman–Crippen LogP) is 2.37. The van der Waals surface area contributed by atoms with Gasteiger partial charge in [0.05, 0.1) is 11.5 Å². The van der Waals surface area contributed by atoms with E-state index in [1.54, 1.807) is 32.9 Å². The van der Waals surface area contributed by atoms with E-state index in [2.05, 4.69) is 0 Å². The number of ether oxygens (including phenoxy) is 1. The highest BCUT2D eigenvalue weighted by Crippen LogP contribution is 2.76. The number of Topliss-reactive ketones (excluding diaryl/α,β-unsaturated/α-hetero) is 1. The number of carbonyl (C=O) groups is 3. The van der Waals surface area contributed by atoms with E-state index in [9.17, 15) is 24.6 Å². The van der Waals surface area contributed by atoms with Gasteiger partial charge in [-0.3, -0.25) is 14.4 Å². The Labute approximate surface area is 177 Å². The largest absolute Gasteiger partial charge is 0.458 e. The highest BCUT2D eigenvalue weighted by Gasteiger charge is 2.83. The molecular formula is C24H32O6. The fourth-order valence-corrected chi connectivity index (χ4v) is 6.81. The summed E-state index contributed by atoms with van der Waals surface area (Å²) in [5, 5.41) is 23.6. The lowest BCUT2D eigenvalue weighted by Crippen LogP contribution is -2.61. The normalized spacial score (nSPS) is 46.1. The Balaban J connectivity index is 1.87. The van der Waals surface area contributed by atoms with Crippen molar-refractivity contribution in [3.05, 3.63) is 23.3 Å². The zero-order valence-electron chi connectivity index (χ0n) is 18.6. The fraction of sp³-hybridized carbons (Fsp3) is 0.708. The van der Waals surface area contributed by atoms with E-state index in [1.165, 1.54) is 0 Å². The first-order valence-electron chi connectivity index (χ1n) is 10.8. The standard InChI is InChI=1S/C24H32O6/c1-12(2)20(27)30-23-9-14(4)24(29)16(18(23)21(23,5)6)8-15(11-25)10-22(28)17(24)7-13(3)19(22)26/h7-8,11-12,14,16-18,28-29H,9-10H2,1-6H3/t14-,16+,17-,18-,22-,23+,24-/m1/s1. The number of ketones is 1. The maximum atomic E-state index is 12.9. The zero-order valence-corrected chi connectivity index (χ0v) is 18.6. The second-order valence-corrected chi connectivity index (χ2v) is 10.8. The summed E-state index contributed by atoms with van der Waals surface area (Å²) in [6.45, 7) is 11.2. The predicted molar refractivity (Wildman–Crippen MR) is 109 cm³/mol. The van der Waals surface area contributed by atoms with Crippen LogP contribution in [-0.4, -0.2) is 45.1 Å². The van der Waals surface area contributed by atoms with Crippen LogP contribution < -0.4 is 0 Å². The molecule has 0 heterocycles. The van der Waals surface area contributed by atoms with Crippen LogP contribution in [0.2, 0.25) is 0 Å². The minimum atomic E-state index is -1.83. The third kappa shape index (κ3) is 2.35. The van der Waals surface area contributed by atoms with Gasteiger partial charge in [-0.05, 0) is 30.4 Å². The Morgan fingerprint density at radius 2 is 1.90 bits per heavy atom. The van der Waals surface area contributed by atoms with E-state index in [0.717, 1.165) is 0 Å². The Morgan fingerprint density at radius 3 is 2.47 bits per heavy atom. The summed E-state index contributed by atoms with van der Waals surface area (Å²) < 4.78 is 6.07. The SMILES string of the molecule is CC1=C[C@H]2[C@@]3(O)[C@H](C)C[C@]4(OC(=O)C(C)C)[C@H]([C@@H]3C=C(C=O)C[C@]2(O)C1=O)C4(C)C. The summed E-state index contributed by atoms with van der Waals surface area (Å²) in [4.78, 5) is 37.2. The molecule has 4 aliphatic carbocycles. The van der Waals surface area contributed by atoms with E-state index in [4.69, 9.17) is 4.74 Å². The lowest BCUT2D eigenvalue weighted by Gasteiger charge is -2.50. The highest BCUT2D eigenvalue weighted by atomic mass is 16.6. The van der Waals surface area contributed by atoms with Gasteiger partial charge in [-0.15, -0.1) is 0 Å². The lowest BCUT2D eigenvalue weighted by atomic mass is 9.60. The molecule has 2 N–H and O–H groups in total. The second-order valence-electron chi connectivity index (χ2n) is 10.8. The van der Waals surface area contributed by atoms with Crippen molar-refractivity contribution in [1.29, 1.82) is 0 Å². The Kier molecular flexibility index (Phi) is 4.38. The number of hydrogen-bond acceptors (Lipinski definition) is 6. The number of carbonyl (C=O) groups excluding carboxylic acids is 3. The molecule has 0 unspecified atom stereocenters. The molecule has 0 spiro atoms. The Morgan fingerprint density at radius 1 is 1.27 bits per heavy atom. The van der Waals surface area contributed by atoms with Crippen LogP contribution in [0.3, 0.4) is 0 Å². The third-order valence-corrected chi connectivity index (χ3v) is 8.53. The van der Waals surface area contributed by atoms with Crippen LogP contribution in [0.25, 0.3) is 0 Å². The average molecular weight is 417 g/mol. The summed E-state index contributed by atoms with van der Waals surface area (Å²) in [7, 11) is 0. The number of fused-ring (bicyclic) bond motifs is 5. The van der Waals surface area contributed by atoms with E-state index in [-0.39, 0.29) is 30.1 Å². The molecular weight excluding hydrogens is 384 g/mol. The van der Waals surface area contributed by atoms with Crippen molar-refractivity contribution in [1.82, 2.24) is 0 Å². The molecule has 4 rings (SSSR count). The van der Waals surface area contributed by atoms with E-state index < -0.39 is 39.8 Å². The molecule has 0 aliphatic heterocycles. The summed E-state index contributed by atoms with van der Waals surface area (Å²) in [5.41, 5.74) is -3.69. The summed E-state index contributed by atoms with van der Waals surface area (Å²) >= 11 is 0. The van der Waals surface area contributed by atoms with Crippen LogP contribution in [0.1, 0.15) is 54.4 Å². The number of rotatable bonds is 3. The van der Waals surface area contributed by atoms with Crippen LogP contribution in [-0.2, 0) is 19.1 Å². The zero-order chi connectivity index (χ0) is 22.4. The van der Waals surface area contributed by atoms with Crippen LogP contribution in [0.15, 0.2) is 23.3 Å². The van der Waals surface area contributed by atoms with Gasteiger partial charge in [-0.1, -0.05) is 46.8 Å². The molecule has 30 heavy (non-hydrogen) atoms. The molecule has 0 aromatic carbocycles. The minimum absolute atomic E-state index is 0.120. The summed E-state index contributed by atoms with van der Waals surface area (Å²) in [6.07, 6.45) is 4.39. The molecule has 0 radical (unpaired) electrons. The lowest BCUT2D eigenvalue weighted by molar-refractivity contribution is -0.188. The first kappa shape index (κ1) is 21.4. The third-order valence-electron chi connectivity index (χ3n) is 8.53. The van der Waals surface area contributed by atoms with Gasteiger partial charge in [-0.25, -0.2) is 0 Å². The minimum Gasteiger partial charge on any atom is -0.458 e. The molecule has 0 aromatic heterocycles. The van der Waals surface area contributed by atoms with Gasteiger partial charge in [0.15, 0.2) is 5.78 Å². The molecule has 0 saturated heterocycles. The fourth-order valence-electron chi connectivity index (χ4n) is 6.81. The average Bonchev–Trinajstić information content (AvgIpc) is 3.06. The van der Waals surface area contributed by atoms with E-state index >= 15 is 0 Å². The number of esters is 1. The maximum Gasteiger partial charge on any atom is 0.308 e. The number of hydrogen-bond donors (Lipinski definition) is 2. The van der Waals surface area contributed by atoms with Crippen molar-refractivity contribution in [2.45, 2.75) is 71.2 Å². The number of aliphatic hydroxyl groups is 2. The van der Waals surface area contributed by atoms with Crippen LogP contribution in [0.4, 0.5) is 0 Å². The van der Waals surface area contributed by atoms with Crippen LogP contribution in [0.5, 0.6) is 0 Å². The molecule has 6 nitrogen and oxygen atoms in total. The molecule has 6 heteroatoms. The van der Waals surface area contributed by atoms with Gasteiger partial charge in [-0.2, -0.15) is 0 Å². The van der Waals surface area contributed by atoms with E-state index in [0.29, 0.717) is 23.9 Å². The van der Waals surface area contributed by atoms with Crippen LogP contribution >= 0.6 is 0 Å².